The van der Waals surface area contributed by atoms with Gasteiger partial charge in [0.2, 0.25) is 5.91 Å². The monoisotopic (exact) mass is 441 g/mol. The molecule has 0 spiro atoms. The molecule has 0 N–H and O–H groups in total. The summed E-state index contributed by atoms with van der Waals surface area (Å²) in [5, 5.41) is 1.02. The molecule has 1 amide bonds. The van der Waals surface area contributed by atoms with Crippen molar-refractivity contribution in [3.05, 3.63) is 67.1 Å². The third-order valence-electron chi connectivity index (χ3n) is 6.10. The van der Waals surface area contributed by atoms with Crippen LogP contribution < -0.4 is 9.64 Å². The molecule has 1 aliphatic rings. The van der Waals surface area contributed by atoms with E-state index in [-0.39, 0.29) is 5.91 Å². The number of aromatic nitrogens is 3. The van der Waals surface area contributed by atoms with Gasteiger partial charge >= 0.3 is 0 Å². The second kappa shape index (κ2) is 8.94. The quantitative estimate of drug-likeness (QED) is 0.466. The fourth-order valence-electron chi connectivity index (χ4n) is 4.42. The van der Waals surface area contributed by atoms with Crippen molar-refractivity contribution in [2.24, 2.45) is 0 Å². The van der Waals surface area contributed by atoms with E-state index in [2.05, 4.69) is 27.8 Å². The van der Waals surface area contributed by atoms with Crippen LogP contribution in [-0.4, -0.2) is 58.1 Å². The molecule has 1 aliphatic heterocycles. The summed E-state index contributed by atoms with van der Waals surface area (Å²) < 4.78 is 7.73. The molecule has 0 aliphatic carbocycles. The van der Waals surface area contributed by atoms with Crippen molar-refractivity contribution < 1.29 is 9.53 Å². The second-order valence-electron chi connectivity index (χ2n) is 8.09. The van der Waals surface area contributed by atoms with Crippen molar-refractivity contribution in [2.45, 2.75) is 13.8 Å². The van der Waals surface area contributed by atoms with Crippen LogP contribution in [0.1, 0.15) is 13.8 Å². The molecule has 4 aromatic rings. The molecule has 0 bridgehead atoms. The Morgan fingerprint density at radius 3 is 2.36 bits per heavy atom. The Labute approximate surface area is 193 Å². The third kappa shape index (κ3) is 4.02. The van der Waals surface area contributed by atoms with Crippen LogP contribution >= 0.6 is 0 Å². The Balaban J connectivity index is 1.63. The van der Waals surface area contributed by atoms with Gasteiger partial charge < -0.3 is 19.1 Å². The van der Waals surface area contributed by atoms with E-state index >= 15 is 0 Å². The molecule has 7 nitrogen and oxygen atoms in total. The highest BCUT2D eigenvalue weighted by atomic mass is 16.5. The number of benzene rings is 2. The first kappa shape index (κ1) is 21.0. The number of anilines is 1. The predicted molar refractivity (Wildman–Crippen MR) is 130 cm³/mol. The van der Waals surface area contributed by atoms with Crippen LogP contribution in [0.5, 0.6) is 5.75 Å². The molecule has 0 unspecified atom stereocenters. The Hall–Kier alpha value is -3.87. The van der Waals surface area contributed by atoms with E-state index in [9.17, 15) is 4.79 Å². The van der Waals surface area contributed by atoms with Crippen molar-refractivity contribution in [2.75, 3.05) is 37.7 Å². The molecule has 0 saturated carbocycles. The summed E-state index contributed by atoms with van der Waals surface area (Å²) in [6.45, 7) is 7.12. The molecule has 2 aromatic heterocycles. The molecular formula is C26H27N5O2. The van der Waals surface area contributed by atoms with Crippen LogP contribution in [0.25, 0.3) is 27.8 Å². The summed E-state index contributed by atoms with van der Waals surface area (Å²) in [7, 11) is 0. The fourth-order valence-corrected chi connectivity index (χ4v) is 4.42. The van der Waals surface area contributed by atoms with Crippen LogP contribution in [-0.2, 0) is 4.79 Å². The third-order valence-corrected chi connectivity index (χ3v) is 6.10. The molecule has 0 atom stereocenters. The molecule has 7 heteroatoms. The van der Waals surface area contributed by atoms with Gasteiger partial charge in [-0.15, -0.1) is 0 Å². The highest BCUT2D eigenvalue weighted by Gasteiger charge is 2.24. The lowest BCUT2D eigenvalue weighted by atomic mass is 10.1. The predicted octanol–water partition coefficient (Wildman–Crippen LogP) is 4.15. The molecule has 1 saturated heterocycles. The second-order valence-corrected chi connectivity index (χ2v) is 8.09. The van der Waals surface area contributed by atoms with Crippen molar-refractivity contribution in [3.63, 3.8) is 0 Å². The van der Waals surface area contributed by atoms with Gasteiger partial charge in [-0.05, 0) is 36.8 Å². The van der Waals surface area contributed by atoms with E-state index in [1.54, 1.807) is 13.3 Å². The first-order valence-corrected chi connectivity index (χ1v) is 11.3. The summed E-state index contributed by atoms with van der Waals surface area (Å²) in [6.07, 6.45) is 3.77. The number of hydrogen-bond donors (Lipinski definition) is 0. The topological polar surface area (TPSA) is 63.5 Å². The molecule has 3 heterocycles. The van der Waals surface area contributed by atoms with E-state index in [1.807, 2.05) is 54.3 Å². The van der Waals surface area contributed by atoms with Gasteiger partial charge in [0.25, 0.3) is 0 Å². The maximum Gasteiger partial charge on any atom is 0.219 e. The molecule has 33 heavy (non-hydrogen) atoms. The standard InChI is InChI=1S/C26H27N5O2/c1-3-33-22-11-9-21(10-12-22)31-17-23(20-7-5-4-6-8-20)24-25(27-18-28-26(24)31)30-15-13-29(14-16-30)19(2)32/h4-12,17-18H,3,13-16H2,1-2H3. The van der Waals surface area contributed by atoms with E-state index in [0.29, 0.717) is 19.7 Å². The first-order valence-electron chi connectivity index (χ1n) is 11.3. The van der Waals surface area contributed by atoms with Gasteiger partial charge in [0.1, 0.15) is 17.9 Å². The smallest absolute Gasteiger partial charge is 0.219 e. The van der Waals surface area contributed by atoms with Crippen LogP contribution in [0.15, 0.2) is 67.1 Å². The normalized spacial score (nSPS) is 14.0. The molecule has 5 rings (SSSR count). The lowest BCUT2D eigenvalue weighted by Gasteiger charge is -2.35. The van der Waals surface area contributed by atoms with Crippen LogP contribution in [0, 0.1) is 0 Å². The highest BCUT2D eigenvalue weighted by molar-refractivity contribution is 6.02. The van der Waals surface area contributed by atoms with Gasteiger partial charge in [-0.3, -0.25) is 4.79 Å². The number of amides is 1. The molecule has 1 fully saturated rings. The summed E-state index contributed by atoms with van der Waals surface area (Å²) in [4.78, 5) is 25.3. The minimum Gasteiger partial charge on any atom is -0.494 e. The largest absolute Gasteiger partial charge is 0.494 e. The van der Waals surface area contributed by atoms with E-state index in [4.69, 9.17) is 14.7 Å². The van der Waals surface area contributed by atoms with Crippen molar-refractivity contribution in [1.29, 1.82) is 0 Å². The van der Waals surface area contributed by atoms with Crippen LogP contribution in [0.2, 0.25) is 0 Å². The Bertz CT molecular complexity index is 1260. The lowest BCUT2D eigenvalue weighted by Crippen LogP contribution is -2.48. The van der Waals surface area contributed by atoms with Crippen LogP contribution in [0.4, 0.5) is 5.82 Å². The summed E-state index contributed by atoms with van der Waals surface area (Å²) in [5.74, 6) is 1.88. The number of ether oxygens (including phenoxy) is 1. The van der Waals surface area contributed by atoms with Gasteiger partial charge in [-0.1, -0.05) is 30.3 Å². The maximum atomic E-state index is 11.8. The van der Waals surface area contributed by atoms with E-state index < -0.39 is 0 Å². The summed E-state index contributed by atoms with van der Waals surface area (Å²) >= 11 is 0. The van der Waals surface area contributed by atoms with E-state index in [0.717, 1.165) is 52.5 Å². The van der Waals surface area contributed by atoms with Crippen molar-refractivity contribution in [3.8, 4) is 22.6 Å². The maximum absolute atomic E-state index is 11.8. The van der Waals surface area contributed by atoms with Gasteiger partial charge in [0.15, 0.2) is 5.65 Å². The van der Waals surface area contributed by atoms with Gasteiger partial charge in [-0.2, -0.15) is 0 Å². The zero-order chi connectivity index (χ0) is 22.8. The zero-order valence-electron chi connectivity index (χ0n) is 18.9. The van der Waals surface area contributed by atoms with Gasteiger partial charge in [0.05, 0.1) is 12.0 Å². The Morgan fingerprint density at radius 1 is 0.970 bits per heavy atom. The Kier molecular flexibility index (Phi) is 5.69. The average molecular weight is 442 g/mol. The number of carbonyl (C=O) groups excluding carboxylic acids is 1. The molecule has 0 radical (unpaired) electrons. The molecule has 168 valence electrons. The Morgan fingerprint density at radius 2 is 1.70 bits per heavy atom. The van der Waals surface area contributed by atoms with Crippen LogP contribution in [0.3, 0.4) is 0 Å². The number of carbonyl (C=O) groups is 1. The lowest BCUT2D eigenvalue weighted by molar-refractivity contribution is -0.129. The minimum atomic E-state index is 0.120. The number of hydrogen-bond acceptors (Lipinski definition) is 5. The number of fused-ring (bicyclic) bond motifs is 1. The average Bonchev–Trinajstić information content (AvgIpc) is 3.25. The summed E-state index contributed by atoms with van der Waals surface area (Å²) in [6, 6.07) is 18.4. The number of rotatable bonds is 5. The van der Waals surface area contributed by atoms with Crippen molar-refractivity contribution in [1.82, 2.24) is 19.4 Å². The zero-order valence-corrected chi connectivity index (χ0v) is 18.9. The summed E-state index contributed by atoms with van der Waals surface area (Å²) in [5.41, 5.74) is 4.07. The number of piperazine rings is 1. The molecule has 2 aromatic carbocycles. The SMILES string of the molecule is CCOc1ccc(-n2cc(-c3ccccc3)c3c(N4CCN(C(C)=O)CC4)ncnc32)cc1. The fraction of sp³-hybridized carbons (Fsp3) is 0.269. The molecular weight excluding hydrogens is 414 g/mol. The van der Waals surface area contributed by atoms with Gasteiger partial charge in [0, 0.05) is 50.6 Å². The van der Waals surface area contributed by atoms with Crippen molar-refractivity contribution >= 4 is 22.8 Å². The van der Waals surface area contributed by atoms with Gasteiger partial charge in [-0.25, -0.2) is 9.97 Å². The van der Waals surface area contributed by atoms with E-state index in [1.165, 1.54) is 0 Å². The first-order chi connectivity index (χ1) is 16.2. The minimum absolute atomic E-state index is 0.120. The highest BCUT2D eigenvalue weighted by Crippen LogP contribution is 2.37. The number of nitrogens with zero attached hydrogens (tertiary/aromatic N) is 5.